The van der Waals surface area contributed by atoms with Gasteiger partial charge in [-0.15, -0.1) is 0 Å². The molecule has 3 heteroatoms. The summed E-state index contributed by atoms with van der Waals surface area (Å²) in [6.45, 7) is 2.17. The molecule has 1 saturated heterocycles. The summed E-state index contributed by atoms with van der Waals surface area (Å²) in [4.78, 5) is 0. The van der Waals surface area contributed by atoms with Crippen LogP contribution >= 0.6 is 23.4 Å². The van der Waals surface area contributed by atoms with Crippen LogP contribution in [0.4, 0.5) is 0 Å². The Balaban J connectivity index is 2.01. The molecule has 1 aromatic rings. The topological polar surface area (TPSA) is 20.2 Å². The summed E-state index contributed by atoms with van der Waals surface area (Å²) < 4.78 is 0.0413. The molecule has 0 radical (unpaired) electrons. The maximum absolute atomic E-state index is 10.3. The van der Waals surface area contributed by atoms with E-state index in [1.165, 1.54) is 12.2 Å². The van der Waals surface area contributed by atoms with Gasteiger partial charge in [0, 0.05) is 9.77 Å². The number of halogens is 1. The van der Waals surface area contributed by atoms with Crippen molar-refractivity contribution in [1.82, 2.24) is 0 Å². The van der Waals surface area contributed by atoms with E-state index in [0.29, 0.717) is 0 Å². The molecule has 0 saturated carbocycles. The molecule has 2 unspecified atom stereocenters. The van der Waals surface area contributed by atoms with Gasteiger partial charge in [-0.2, -0.15) is 11.8 Å². The summed E-state index contributed by atoms with van der Waals surface area (Å²) in [6, 6.07) is 7.75. The van der Waals surface area contributed by atoms with Gasteiger partial charge in [0.05, 0.1) is 6.10 Å². The highest BCUT2D eigenvalue weighted by molar-refractivity contribution is 8.00. The maximum atomic E-state index is 10.3. The molecule has 2 rings (SSSR count). The molecule has 1 aliphatic heterocycles. The Labute approximate surface area is 106 Å². The minimum atomic E-state index is -0.263. The fourth-order valence-electron chi connectivity index (χ4n) is 2.12. The summed E-state index contributed by atoms with van der Waals surface area (Å²) in [5.41, 5.74) is 1.16. The van der Waals surface area contributed by atoms with E-state index in [4.69, 9.17) is 11.6 Å². The number of rotatable bonds is 3. The van der Waals surface area contributed by atoms with Crippen molar-refractivity contribution in [3.63, 3.8) is 0 Å². The Bertz CT molecular complexity index is 343. The lowest BCUT2D eigenvalue weighted by atomic mass is 9.93. The highest BCUT2D eigenvalue weighted by Crippen LogP contribution is 2.41. The average molecular weight is 257 g/mol. The largest absolute Gasteiger partial charge is 0.391 e. The van der Waals surface area contributed by atoms with Gasteiger partial charge in [-0.1, -0.05) is 23.7 Å². The van der Waals surface area contributed by atoms with Crippen molar-refractivity contribution in [1.29, 1.82) is 0 Å². The summed E-state index contributed by atoms with van der Waals surface area (Å²) in [6.07, 6.45) is 2.80. The second-order valence-corrected chi connectivity index (χ2v) is 6.68. The zero-order valence-corrected chi connectivity index (χ0v) is 11.0. The number of hydrogen-bond donors (Lipinski definition) is 1. The van der Waals surface area contributed by atoms with Gasteiger partial charge in [-0.05, 0) is 49.6 Å². The first-order valence-corrected chi connectivity index (χ1v) is 7.03. The SMILES string of the molecule is CC1(C(O)Cc2ccc(Cl)cc2)CCCS1. The van der Waals surface area contributed by atoms with Crippen LogP contribution in [0.3, 0.4) is 0 Å². The van der Waals surface area contributed by atoms with E-state index >= 15 is 0 Å². The molecule has 1 heterocycles. The second kappa shape index (κ2) is 4.99. The highest BCUT2D eigenvalue weighted by Gasteiger charge is 2.36. The van der Waals surface area contributed by atoms with E-state index in [2.05, 4.69) is 6.92 Å². The molecule has 0 aromatic heterocycles. The molecule has 1 fully saturated rings. The third-order valence-electron chi connectivity index (χ3n) is 3.30. The number of benzene rings is 1. The predicted octanol–water partition coefficient (Wildman–Crippen LogP) is 3.53. The van der Waals surface area contributed by atoms with E-state index in [9.17, 15) is 5.11 Å². The molecule has 1 aliphatic rings. The van der Waals surface area contributed by atoms with Crippen molar-refractivity contribution in [2.75, 3.05) is 5.75 Å². The molecule has 1 aromatic carbocycles. The number of hydrogen-bond acceptors (Lipinski definition) is 2. The zero-order chi connectivity index (χ0) is 11.6. The van der Waals surface area contributed by atoms with Crippen LogP contribution < -0.4 is 0 Å². The third kappa shape index (κ3) is 2.73. The van der Waals surface area contributed by atoms with Crippen molar-refractivity contribution < 1.29 is 5.11 Å². The van der Waals surface area contributed by atoms with Gasteiger partial charge in [0.2, 0.25) is 0 Å². The Morgan fingerprint density at radius 2 is 2.12 bits per heavy atom. The van der Waals surface area contributed by atoms with Crippen LogP contribution in [-0.2, 0) is 6.42 Å². The van der Waals surface area contributed by atoms with E-state index in [1.807, 2.05) is 36.0 Å². The van der Waals surface area contributed by atoms with Gasteiger partial charge in [0.15, 0.2) is 0 Å². The van der Waals surface area contributed by atoms with Crippen LogP contribution in [0.2, 0.25) is 5.02 Å². The highest BCUT2D eigenvalue weighted by atomic mass is 35.5. The minimum absolute atomic E-state index is 0.0413. The van der Waals surface area contributed by atoms with E-state index in [0.717, 1.165) is 23.4 Å². The lowest BCUT2D eigenvalue weighted by molar-refractivity contribution is 0.133. The number of aliphatic hydroxyl groups excluding tert-OH is 1. The predicted molar refractivity (Wildman–Crippen MR) is 71.3 cm³/mol. The fraction of sp³-hybridized carbons (Fsp3) is 0.538. The van der Waals surface area contributed by atoms with E-state index in [1.54, 1.807) is 0 Å². The van der Waals surface area contributed by atoms with Crippen LogP contribution in [0.15, 0.2) is 24.3 Å². The van der Waals surface area contributed by atoms with Crippen LogP contribution in [0.25, 0.3) is 0 Å². The quantitative estimate of drug-likeness (QED) is 0.893. The van der Waals surface area contributed by atoms with Crippen molar-refractivity contribution >= 4 is 23.4 Å². The normalized spacial score (nSPS) is 26.9. The average Bonchev–Trinajstić information content (AvgIpc) is 2.70. The zero-order valence-electron chi connectivity index (χ0n) is 9.45. The first-order chi connectivity index (χ1) is 7.60. The van der Waals surface area contributed by atoms with Crippen molar-refractivity contribution in [2.45, 2.75) is 37.0 Å². The Morgan fingerprint density at radius 3 is 2.69 bits per heavy atom. The summed E-state index contributed by atoms with van der Waals surface area (Å²) >= 11 is 7.74. The molecular weight excluding hydrogens is 240 g/mol. The van der Waals surface area contributed by atoms with E-state index in [-0.39, 0.29) is 10.9 Å². The fourth-order valence-corrected chi connectivity index (χ4v) is 3.57. The van der Waals surface area contributed by atoms with Gasteiger partial charge in [0.1, 0.15) is 0 Å². The van der Waals surface area contributed by atoms with Crippen LogP contribution in [-0.4, -0.2) is 21.7 Å². The van der Waals surface area contributed by atoms with Crippen LogP contribution in [0.1, 0.15) is 25.3 Å². The standard InChI is InChI=1S/C13H17ClOS/c1-13(7-2-8-16-13)12(15)9-10-3-5-11(14)6-4-10/h3-6,12,15H,2,7-9H2,1H3. The molecule has 88 valence electrons. The molecule has 2 atom stereocenters. The number of aliphatic hydroxyl groups is 1. The molecular formula is C13H17ClOS. The second-order valence-electron chi connectivity index (χ2n) is 4.61. The molecule has 0 amide bonds. The summed E-state index contributed by atoms with van der Waals surface area (Å²) in [7, 11) is 0. The van der Waals surface area contributed by atoms with Gasteiger partial charge in [0.25, 0.3) is 0 Å². The monoisotopic (exact) mass is 256 g/mol. The van der Waals surface area contributed by atoms with Gasteiger partial charge in [-0.3, -0.25) is 0 Å². The first kappa shape index (κ1) is 12.3. The molecule has 1 nitrogen and oxygen atoms in total. The molecule has 16 heavy (non-hydrogen) atoms. The lowest BCUT2D eigenvalue weighted by Crippen LogP contribution is -2.35. The van der Waals surface area contributed by atoms with E-state index < -0.39 is 0 Å². The third-order valence-corrected chi connectivity index (χ3v) is 5.18. The maximum Gasteiger partial charge on any atom is 0.0724 e. The Morgan fingerprint density at radius 1 is 1.44 bits per heavy atom. The van der Waals surface area contributed by atoms with Crippen LogP contribution in [0, 0.1) is 0 Å². The van der Waals surface area contributed by atoms with Crippen molar-refractivity contribution in [3.8, 4) is 0 Å². The van der Waals surface area contributed by atoms with Gasteiger partial charge >= 0.3 is 0 Å². The van der Waals surface area contributed by atoms with Gasteiger partial charge < -0.3 is 5.11 Å². The Kier molecular flexibility index (Phi) is 3.83. The van der Waals surface area contributed by atoms with Crippen molar-refractivity contribution in [2.24, 2.45) is 0 Å². The molecule has 0 spiro atoms. The van der Waals surface area contributed by atoms with Crippen LogP contribution in [0.5, 0.6) is 0 Å². The molecule has 0 bridgehead atoms. The number of thioether (sulfide) groups is 1. The first-order valence-electron chi connectivity index (χ1n) is 5.67. The summed E-state index contributed by atoms with van der Waals surface area (Å²) in [5.74, 6) is 1.17. The van der Waals surface area contributed by atoms with Gasteiger partial charge in [-0.25, -0.2) is 0 Å². The smallest absolute Gasteiger partial charge is 0.0724 e. The Hall–Kier alpha value is -0.180. The molecule has 1 N–H and O–H groups in total. The molecule has 0 aliphatic carbocycles. The van der Waals surface area contributed by atoms with Crippen molar-refractivity contribution in [3.05, 3.63) is 34.9 Å². The summed E-state index contributed by atoms with van der Waals surface area (Å²) in [5, 5.41) is 11.0. The minimum Gasteiger partial charge on any atom is -0.391 e. The lowest BCUT2D eigenvalue weighted by Gasteiger charge is -2.29.